The van der Waals surface area contributed by atoms with E-state index in [9.17, 15) is 19.2 Å². The molecule has 10 nitrogen and oxygen atoms in total. The van der Waals surface area contributed by atoms with Crippen LogP contribution in [0.4, 0.5) is 9.59 Å². The van der Waals surface area contributed by atoms with Gasteiger partial charge in [0, 0.05) is 52.2 Å². The summed E-state index contributed by atoms with van der Waals surface area (Å²) in [6.07, 6.45) is 6.09. The summed E-state index contributed by atoms with van der Waals surface area (Å²) in [5.41, 5.74) is 1.79. The van der Waals surface area contributed by atoms with Crippen LogP contribution >= 0.6 is 0 Å². The number of hydrogen-bond donors (Lipinski definition) is 0. The molecular weight excluding hydrogens is 744 g/mol. The number of unbranched alkanes of at least 4 members (excludes halogenated alkanes) is 5. The molecule has 0 N–H and O–H groups in total. The third-order valence-electron chi connectivity index (χ3n) is 7.64. The Morgan fingerprint density at radius 3 is 1.19 bits per heavy atom. The van der Waals surface area contributed by atoms with Gasteiger partial charge in [-0.1, -0.05) is 49.9 Å². The summed E-state index contributed by atoms with van der Waals surface area (Å²) in [4.78, 5) is 52.4. The lowest BCUT2D eigenvalue weighted by Gasteiger charge is -2.30. The lowest BCUT2D eigenvalue weighted by atomic mass is 10.0. The van der Waals surface area contributed by atoms with Gasteiger partial charge < -0.3 is 62.2 Å². The standard InChI is InChI=1S/C36H56N4O6.2BrH/c1-37(2)35(43)45-33-23-17-15-19-29(33)25-39(5,6)27-31(41)21-13-11-9-10-12-14-22-32(42)28-40(7,8)26-30-20-16-18-24-34(30)46-36(44)38(3)4;;/h15-20,23-24H,9-14,21-22,25-28H2,1-8H3;2*1H/q+2;;/p-2. The van der Waals surface area contributed by atoms with Crippen LogP contribution in [0, 0.1) is 0 Å². The Kier molecular flexibility index (Phi) is 20.7. The van der Waals surface area contributed by atoms with Crippen LogP contribution in [0.5, 0.6) is 11.5 Å². The summed E-state index contributed by atoms with van der Waals surface area (Å²) in [6, 6.07) is 14.9. The van der Waals surface area contributed by atoms with E-state index < -0.39 is 12.2 Å². The molecule has 2 aromatic rings. The van der Waals surface area contributed by atoms with Crippen LogP contribution in [0.1, 0.15) is 62.5 Å². The molecule has 2 aromatic carbocycles. The maximum Gasteiger partial charge on any atom is 0.414 e. The number of quaternary nitrogens is 2. The highest BCUT2D eigenvalue weighted by Gasteiger charge is 2.24. The van der Waals surface area contributed by atoms with E-state index in [1.54, 1.807) is 40.3 Å². The fourth-order valence-corrected chi connectivity index (χ4v) is 5.34. The molecule has 0 aliphatic rings. The number of amides is 2. The molecule has 0 fully saturated rings. The van der Waals surface area contributed by atoms with E-state index in [-0.39, 0.29) is 45.5 Å². The zero-order valence-electron chi connectivity index (χ0n) is 30.1. The first-order chi connectivity index (χ1) is 21.6. The number of nitrogens with zero attached hydrogens (tertiary/aromatic N) is 4. The maximum atomic E-state index is 12.8. The van der Waals surface area contributed by atoms with Crippen molar-refractivity contribution in [2.45, 2.75) is 64.5 Å². The summed E-state index contributed by atoms with van der Waals surface area (Å²) in [6.45, 7) is 1.99. The normalized spacial score (nSPS) is 11.1. The molecule has 270 valence electrons. The molecule has 48 heavy (non-hydrogen) atoms. The molecule has 0 heterocycles. The summed E-state index contributed by atoms with van der Waals surface area (Å²) in [5.74, 6) is 1.51. The van der Waals surface area contributed by atoms with Gasteiger partial charge in [-0.2, -0.15) is 0 Å². The van der Waals surface area contributed by atoms with Crippen LogP contribution in [0.25, 0.3) is 0 Å². The number of ketones is 2. The smallest absolute Gasteiger partial charge is 0.414 e. The molecule has 12 heteroatoms. The summed E-state index contributed by atoms with van der Waals surface area (Å²) in [7, 11) is 14.7. The summed E-state index contributed by atoms with van der Waals surface area (Å²) >= 11 is 0. The third kappa shape index (κ3) is 17.6. The molecule has 0 atom stereocenters. The quantitative estimate of drug-likeness (QED) is 0.146. The predicted molar refractivity (Wildman–Crippen MR) is 181 cm³/mol. The largest absolute Gasteiger partial charge is 1.00 e. The SMILES string of the molecule is CN(C)C(=O)Oc1ccccc1C[N+](C)(C)CC(=O)CCCCCCCCC(=O)C[N+](C)(C)Cc1ccccc1OC(=O)N(C)C.[Br-].[Br-]. The van der Waals surface area contributed by atoms with Gasteiger partial charge in [-0.3, -0.25) is 9.59 Å². The number of benzene rings is 2. The molecule has 0 aliphatic carbocycles. The van der Waals surface area contributed by atoms with Crippen molar-refractivity contribution in [1.82, 2.24) is 9.80 Å². The molecule has 0 aliphatic heterocycles. The van der Waals surface area contributed by atoms with Gasteiger partial charge in [0.15, 0.2) is 11.6 Å². The molecule has 0 aromatic heterocycles. The van der Waals surface area contributed by atoms with Crippen molar-refractivity contribution in [2.24, 2.45) is 0 Å². The molecule has 0 saturated heterocycles. The molecule has 0 bridgehead atoms. The van der Waals surface area contributed by atoms with Crippen molar-refractivity contribution >= 4 is 23.8 Å². The van der Waals surface area contributed by atoms with Crippen LogP contribution in [0.15, 0.2) is 48.5 Å². The van der Waals surface area contributed by atoms with Crippen molar-refractivity contribution in [2.75, 3.05) is 69.5 Å². The number of hydrogen-bond acceptors (Lipinski definition) is 6. The number of rotatable bonds is 19. The van der Waals surface area contributed by atoms with Crippen molar-refractivity contribution in [3.8, 4) is 11.5 Å². The second-order valence-corrected chi connectivity index (χ2v) is 13.9. The van der Waals surface area contributed by atoms with E-state index in [1.807, 2.05) is 64.6 Å². The number of likely N-dealkylation sites (N-methyl/N-ethyl adjacent to an activating group) is 2. The fraction of sp³-hybridized carbons (Fsp3) is 0.556. The van der Waals surface area contributed by atoms with Gasteiger partial charge in [0.1, 0.15) is 37.7 Å². The highest BCUT2D eigenvalue weighted by molar-refractivity contribution is 5.80. The van der Waals surface area contributed by atoms with Gasteiger partial charge in [-0.25, -0.2) is 9.59 Å². The van der Waals surface area contributed by atoms with Gasteiger partial charge in [-0.05, 0) is 37.1 Å². The van der Waals surface area contributed by atoms with E-state index in [0.717, 1.165) is 49.7 Å². The Bertz CT molecular complexity index is 1220. The molecule has 2 amide bonds. The first-order valence-electron chi connectivity index (χ1n) is 16.2. The lowest BCUT2D eigenvalue weighted by Crippen LogP contribution is -3.00. The number of ether oxygens (including phenoxy) is 2. The Labute approximate surface area is 309 Å². The van der Waals surface area contributed by atoms with Crippen LogP contribution in [0.2, 0.25) is 0 Å². The third-order valence-corrected chi connectivity index (χ3v) is 7.64. The predicted octanol–water partition coefficient (Wildman–Crippen LogP) is -0.0726. The lowest BCUT2D eigenvalue weighted by molar-refractivity contribution is -0.895. The van der Waals surface area contributed by atoms with Gasteiger partial charge in [0.25, 0.3) is 0 Å². The highest BCUT2D eigenvalue weighted by Crippen LogP contribution is 2.24. The Morgan fingerprint density at radius 2 is 0.854 bits per heavy atom. The second-order valence-electron chi connectivity index (χ2n) is 13.9. The van der Waals surface area contributed by atoms with Gasteiger partial charge >= 0.3 is 12.2 Å². The molecule has 0 unspecified atom stereocenters. The topological polar surface area (TPSA) is 93.2 Å². The zero-order chi connectivity index (χ0) is 34.3. The van der Waals surface area contributed by atoms with E-state index in [0.29, 0.717) is 59.5 Å². The van der Waals surface area contributed by atoms with Gasteiger partial charge in [0.2, 0.25) is 0 Å². The van der Waals surface area contributed by atoms with E-state index in [1.165, 1.54) is 9.80 Å². The van der Waals surface area contributed by atoms with Crippen molar-refractivity contribution in [3.63, 3.8) is 0 Å². The number of carbonyl (C=O) groups is 4. The number of halogens is 2. The second kappa shape index (κ2) is 22.0. The first-order valence-corrected chi connectivity index (χ1v) is 16.2. The summed E-state index contributed by atoms with van der Waals surface area (Å²) in [5, 5.41) is 0. The van der Waals surface area contributed by atoms with Gasteiger partial charge in [0.05, 0.1) is 28.2 Å². The number of para-hydroxylation sites is 2. The minimum absolute atomic E-state index is 0. The Balaban J connectivity index is 0.0000110. The molecule has 2 rings (SSSR count). The van der Waals surface area contributed by atoms with E-state index in [2.05, 4.69) is 0 Å². The number of carbonyl (C=O) groups excluding carboxylic acids is 4. The van der Waals surface area contributed by atoms with Gasteiger partial charge in [-0.15, -0.1) is 0 Å². The molecular formula is C36H56Br2N4O6. The fourth-order valence-electron chi connectivity index (χ4n) is 5.34. The monoisotopic (exact) mass is 798 g/mol. The average molecular weight is 801 g/mol. The minimum atomic E-state index is -0.427. The summed E-state index contributed by atoms with van der Waals surface area (Å²) < 4.78 is 12.0. The van der Waals surface area contributed by atoms with E-state index >= 15 is 0 Å². The highest BCUT2D eigenvalue weighted by atomic mass is 79.9. The van der Waals surface area contributed by atoms with Crippen LogP contribution in [-0.2, 0) is 22.7 Å². The molecule has 0 saturated carbocycles. The van der Waals surface area contributed by atoms with Crippen LogP contribution in [0.3, 0.4) is 0 Å². The number of Topliss-reactive ketones (excluding diaryl/α,β-unsaturated/α-hetero) is 2. The Hall–Kier alpha value is -2.80. The first kappa shape index (κ1) is 45.2. The van der Waals surface area contributed by atoms with Crippen molar-refractivity contribution in [1.29, 1.82) is 0 Å². The van der Waals surface area contributed by atoms with Crippen molar-refractivity contribution in [3.05, 3.63) is 59.7 Å². The maximum absolute atomic E-state index is 12.8. The van der Waals surface area contributed by atoms with E-state index in [4.69, 9.17) is 9.47 Å². The Morgan fingerprint density at radius 1 is 0.542 bits per heavy atom. The minimum Gasteiger partial charge on any atom is -1.00 e. The van der Waals surface area contributed by atoms with Crippen LogP contribution < -0.4 is 43.4 Å². The molecule has 0 spiro atoms. The average Bonchev–Trinajstić information content (AvgIpc) is 2.95. The van der Waals surface area contributed by atoms with Crippen molar-refractivity contribution < 1.29 is 71.6 Å². The van der Waals surface area contributed by atoms with Crippen LogP contribution in [-0.4, -0.2) is 112 Å². The zero-order valence-corrected chi connectivity index (χ0v) is 33.3. The molecule has 0 radical (unpaired) electrons.